The number of urea groups is 1. The van der Waals surface area contributed by atoms with Crippen molar-refractivity contribution in [1.82, 2.24) is 5.32 Å². The van der Waals surface area contributed by atoms with Gasteiger partial charge < -0.3 is 35.1 Å². The first kappa shape index (κ1) is 37.9. The number of esters is 2. The van der Waals surface area contributed by atoms with Crippen LogP contribution in [0.3, 0.4) is 0 Å². The van der Waals surface area contributed by atoms with Gasteiger partial charge >= 0.3 is 24.1 Å². The first-order chi connectivity index (χ1) is 21.6. The van der Waals surface area contributed by atoms with Crippen LogP contribution < -0.4 is 20.9 Å². The summed E-state index contributed by atoms with van der Waals surface area (Å²) in [6.07, 6.45) is 0.283. The zero-order chi connectivity index (χ0) is 34.3. The highest BCUT2D eigenvalue weighted by atomic mass is 16.7. The third kappa shape index (κ3) is 15.6. The molecule has 46 heavy (non-hydrogen) atoms. The molecule has 0 aliphatic rings. The van der Waals surface area contributed by atoms with Gasteiger partial charge in [0.05, 0.1) is 11.4 Å². The Morgan fingerprint density at radius 3 is 2.02 bits per heavy atom. The first-order valence-corrected chi connectivity index (χ1v) is 15.9. The van der Waals surface area contributed by atoms with Gasteiger partial charge in [-0.25, -0.2) is 9.59 Å². The second-order valence-corrected chi connectivity index (χ2v) is 13.2. The molecule has 0 bridgehead atoms. The smallest absolute Gasteiger partial charge is 0.407 e. The molecule has 0 aliphatic heterocycles. The summed E-state index contributed by atoms with van der Waals surface area (Å²) in [6, 6.07) is 13.0. The number of carbonyl (C=O) groups excluding carboxylic acids is 4. The Bertz CT molecular complexity index is 1280. The fourth-order valence-corrected chi connectivity index (χ4v) is 4.48. The van der Waals surface area contributed by atoms with Crippen LogP contribution in [0.1, 0.15) is 78.9 Å². The Hall–Kier alpha value is -4.28. The number of benzene rings is 2. The predicted octanol–water partition coefficient (Wildman–Crippen LogP) is 7.04. The fraction of sp³-hybridized carbons (Fsp3) is 0.543. The van der Waals surface area contributed by atoms with Gasteiger partial charge in [0.2, 0.25) is 6.79 Å². The van der Waals surface area contributed by atoms with Gasteiger partial charge in [-0.15, -0.1) is 0 Å². The molecule has 254 valence electrons. The summed E-state index contributed by atoms with van der Waals surface area (Å²) in [5.74, 6) is -0.242. The van der Waals surface area contributed by atoms with Crippen molar-refractivity contribution >= 4 is 41.1 Å². The number of hydrogen-bond acceptors (Lipinski definition) is 8. The third-order valence-electron chi connectivity index (χ3n) is 6.41. The van der Waals surface area contributed by atoms with Crippen molar-refractivity contribution in [2.45, 2.75) is 86.7 Å². The van der Waals surface area contributed by atoms with Crippen LogP contribution in [-0.2, 0) is 30.2 Å². The average molecular weight is 641 g/mol. The van der Waals surface area contributed by atoms with Crippen molar-refractivity contribution in [1.29, 1.82) is 0 Å². The van der Waals surface area contributed by atoms with Gasteiger partial charge in [-0.2, -0.15) is 0 Å². The van der Waals surface area contributed by atoms with Crippen LogP contribution >= 0.6 is 0 Å². The zero-order valence-corrected chi connectivity index (χ0v) is 28.7. The van der Waals surface area contributed by atoms with Gasteiger partial charge in [0.15, 0.2) is 0 Å². The monoisotopic (exact) mass is 640 g/mol. The molecule has 3 N–H and O–H groups in total. The minimum atomic E-state index is -0.601. The van der Waals surface area contributed by atoms with Crippen molar-refractivity contribution in [3.63, 3.8) is 0 Å². The number of aryl methyl sites for hydroxylation is 2. The number of alkyl carbamates (subject to hydrolysis) is 1. The van der Waals surface area contributed by atoms with Gasteiger partial charge in [-0.1, -0.05) is 51.5 Å². The summed E-state index contributed by atoms with van der Waals surface area (Å²) in [5, 5.41) is 8.47. The topological polar surface area (TPSA) is 135 Å². The van der Waals surface area contributed by atoms with Gasteiger partial charge in [-0.3, -0.25) is 9.59 Å². The summed E-state index contributed by atoms with van der Waals surface area (Å²) in [6.45, 7) is 17.3. The molecule has 0 radical (unpaired) electrons. The summed E-state index contributed by atoms with van der Waals surface area (Å²) in [4.78, 5) is 51.3. The van der Waals surface area contributed by atoms with Crippen molar-refractivity contribution in [2.75, 3.05) is 42.0 Å². The second-order valence-electron chi connectivity index (χ2n) is 13.2. The molecule has 0 atom stereocenters. The minimum Gasteiger partial charge on any atom is -0.444 e. The van der Waals surface area contributed by atoms with Crippen LogP contribution in [0.25, 0.3) is 0 Å². The van der Waals surface area contributed by atoms with Crippen LogP contribution in [0, 0.1) is 18.8 Å². The molecule has 2 aromatic rings. The van der Waals surface area contributed by atoms with Gasteiger partial charge in [0.1, 0.15) is 5.60 Å². The maximum atomic E-state index is 13.0. The number of carbonyl (C=O) groups is 4. The molecular formula is C35H52N4O7. The number of amides is 3. The lowest BCUT2D eigenvalue weighted by atomic mass is 10.1. The summed E-state index contributed by atoms with van der Waals surface area (Å²) in [7, 11) is 0. The highest BCUT2D eigenvalue weighted by molar-refractivity contribution is 6.02. The Balaban J connectivity index is 1.95. The normalized spacial score (nSPS) is 11.2. The number of rotatable bonds is 16. The van der Waals surface area contributed by atoms with Crippen LogP contribution in [-0.4, -0.2) is 56.1 Å². The lowest BCUT2D eigenvalue weighted by molar-refractivity contribution is -0.167. The Morgan fingerprint density at radius 2 is 1.43 bits per heavy atom. The van der Waals surface area contributed by atoms with E-state index < -0.39 is 30.4 Å². The Morgan fingerprint density at radius 1 is 0.826 bits per heavy atom. The largest absolute Gasteiger partial charge is 0.444 e. The molecule has 0 saturated carbocycles. The van der Waals surface area contributed by atoms with Crippen molar-refractivity contribution in [3.05, 3.63) is 53.6 Å². The van der Waals surface area contributed by atoms with E-state index in [1.54, 1.807) is 20.8 Å². The number of anilines is 3. The van der Waals surface area contributed by atoms with E-state index in [1.165, 1.54) is 0 Å². The van der Waals surface area contributed by atoms with Crippen molar-refractivity contribution in [2.24, 2.45) is 11.8 Å². The Labute approximate surface area is 273 Å². The van der Waals surface area contributed by atoms with Crippen molar-refractivity contribution < 1.29 is 33.4 Å². The minimum absolute atomic E-state index is 0.0532. The van der Waals surface area contributed by atoms with E-state index in [0.29, 0.717) is 36.1 Å². The number of nitrogens with zero attached hydrogens (tertiary/aromatic N) is 1. The summed E-state index contributed by atoms with van der Waals surface area (Å²) < 4.78 is 15.2. The molecule has 11 heteroatoms. The predicted molar refractivity (Wildman–Crippen MR) is 181 cm³/mol. The van der Waals surface area contributed by atoms with Crippen LogP contribution in [0.2, 0.25) is 0 Å². The third-order valence-corrected chi connectivity index (χ3v) is 6.41. The molecule has 11 nitrogen and oxygen atoms in total. The molecule has 0 aliphatic carbocycles. The lowest BCUT2D eigenvalue weighted by Crippen LogP contribution is -2.33. The molecule has 2 rings (SSSR count). The van der Waals surface area contributed by atoms with E-state index in [0.717, 1.165) is 29.9 Å². The van der Waals surface area contributed by atoms with E-state index in [4.69, 9.17) is 14.2 Å². The SMILES string of the molecule is Cc1ccc(NC(=O)Nc2cc(CCC(=O)OCOC(=O)CCCNC(=O)OC(C)(C)C)ccc2N(CC(C)C)CC(C)C)cc1. The average Bonchev–Trinajstić information content (AvgIpc) is 2.94. The molecule has 3 amide bonds. The van der Waals surface area contributed by atoms with Gasteiger partial charge in [0.25, 0.3) is 0 Å². The maximum Gasteiger partial charge on any atom is 0.407 e. The van der Waals surface area contributed by atoms with Crippen molar-refractivity contribution in [3.8, 4) is 0 Å². The lowest BCUT2D eigenvalue weighted by Gasteiger charge is -2.30. The van der Waals surface area contributed by atoms with Crippen LogP contribution in [0.5, 0.6) is 0 Å². The van der Waals surface area contributed by atoms with E-state index in [1.807, 2.05) is 49.4 Å². The molecule has 2 aromatic carbocycles. The molecule has 0 heterocycles. The molecule has 0 spiro atoms. The molecule has 0 unspecified atom stereocenters. The summed E-state index contributed by atoms with van der Waals surface area (Å²) in [5.41, 5.74) is 3.57. The first-order valence-electron chi connectivity index (χ1n) is 15.9. The maximum absolute atomic E-state index is 13.0. The molecule has 0 fully saturated rings. The quantitative estimate of drug-likeness (QED) is 0.101. The number of nitrogens with one attached hydrogen (secondary N) is 3. The number of hydrogen-bond donors (Lipinski definition) is 3. The zero-order valence-electron chi connectivity index (χ0n) is 28.7. The van der Waals surface area contributed by atoms with E-state index in [2.05, 4.69) is 48.5 Å². The highest BCUT2D eigenvalue weighted by Crippen LogP contribution is 2.30. The number of ether oxygens (including phenoxy) is 3. The van der Waals surface area contributed by atoms with Gasteiger partial charge in [-0.05, 0) is 82.2 Å². The second kappa shape index (κ2) is 18.6. The van der Waals surface area contributed by atoms with Crippen LogP contribution in [0.15, 0.2) is 42.5 Å². The van der Waals surface area contributed by atoms with E-state index in [-0.39, 0.29) is 25.4 Å². The van der Waals surface area contributed by atoms with Gasteiger partial charge in [0, 0.05) is 38.2 Å². The fourth-order valence-electron chi connectivity index (χ4n) is 4.48. The highest BCUT2D eigenvalue weighted by Gasteiger charge is 2.18. The summed E-state index contributed by atoms with van der Waals surface area (Å²) >= 11 is 0. The van der Waals surface area contributed by atoms with E-state index in [9.17, 15) is 19.2 Å². The van der Waals surface area contributed by atoms with E-state index >= 15 is 0 Å². The molecular weight excluding hydrogens is 588 g/mol. The molecule has 0 saturated heterocycles. The Kier molecular flexibility index (Phi) is 15.4. The van der Waals surface area contributed by atoms with Crippen LogP contribution in [0.4, 0.5) is 26.7 Å². The standard InChI is InChI=1S/C35H52N4O7/c1-24(2)21-39(22-25(3)4)30-17-13-27(20-29(30)38-33(42)37-28-15-11-26(5)12-16-28)14-18-32(41)45-23-44-31(40)10-9-19-36-34(43)46-35(6,7)8/h11-13,15-17,20,24-25H,9-10,14,18-19,21-23H2,1-8H3,(H,36,43)(H2,37,38,42). The molecule has 0 aromatic heterocycles.